The molecule has 1 saturated carbocycles. The lowest BCUT2D eigenvalue weighted by atomic mass is 9.96. The molecular formula is C14H26ClN3O2. The van der Waals surface area contributed by atoms with Crippen LogP contribution < -0.4 is 11.1 Å². The third-order valence-electron chi connectivity index (χ3n) is 4.00. The molecule has 0 aromatic carbocycles. The first kappa shape index (κ1) is 17.2. The Morgan fingerprint density at radius 1 is 1.25 bits per heavy atom. The van der Waals surface area contributed by atoms with Crippen LogP contribution in [0.4, 0.5) is 0 Å². The zero-order valence-electron chi connectivity index (χ0n) is 12.0. The minimum Gasteiger partial charge on any atom is -0.356 e. The van der Waals surface area contributed by atoms with Crippen molar-refractivity contribution in [3.8, 4) is 0 Å². The van der Waals surface area contributed by atoms with E-state index in [2.05, 4.69) is 5.32 Å². The minimum absolute atomic E-state index is 0. The molecule has 2 rings (SSSR count). The Morgan fingerprint density at radius 3 is 2.65 bits per heavy atom. The van der Waals surface area contributed by atoms with Crippen LogP contribution in [-0.2, 0) is 9.59 Å². The Kier molecular flexibility index (Phi) is 7.30. The first-order valence-corrected chi connectivity index (χ1v) is 7.46. The lowest BCUT2D eigenvalue weighted by Gasteiger charge is -2.32. The summed E-state index contributed by atoms with van der Waals surface area (Å²) in [7, 11) is 0. The molecule has 116 valence electrons. The van der Waals surface area contributed by atoms with Gasteiger partial charge in [0.15, 0.2) is 0 Å². The van der Waals surface area contributed by atoms with Gasteiger partial charge in [0.25, 0.3) is 0 Å². The van der Waals surface area contributed by atoms with Gasteiger partial charge < -0.3 is 16.0 Å². The molecule has 1 saturated heterocycles. The SMILES string of the molecule is Cl.NCCCC(=O)N1CCCC(C(=O)NCC2CC2)C1. The fourth-order valence-electron chi connectivity index (χ4n) is 2.54. The Bertz CT molecular complexity index is 334. The van der Waals surface area contributed by atoms with Gasteiger partial charge in [-0.15, -0.1) is 12.4 Å². The number of carbonyl (C=O) groups is 2. The summed E-state index contributed by atoms with van der Waals surface area (Å²) in [5.74, 6) is 0.956. The third kappa shape index (κ3) is 5.29. The second kappa shape index (κ2) is 8.47. The van der Waals surface area contributed by atoms with E-state index in [4.69, 9.17) is 5.73 Å². The molecule has 2 fully saturated rings. The van der Waals surface area contributed by atoms with Crippen LogP contribution in [0.15, 0.2) is 0 Å². The number of likely N-dealkylation sites (tertiary alicyclic amines) is 1. The third-order valence-corrected chi connectivity index (χ3v) is 4.00. The highest BCUT2D eigenvalue weighted by Gasteiger charge is 2.29. The molecule has 0 radical (unpaired) electrons. The maximum Gasteiger partial charge on any atom is 0.224 e. The zero-order valence-corrected chi connectivity index (χ0v) is 12.8. The van der Waals surface area contributed by atoms with Crippen molar-refractivity contribution in [3.05, 3.63) is 0 Å². The van der Waals surface area contributed by atoms with Gasteiger partial charge in [-0.25, -0.2) is 0 Å². The maximum absolute atomic E-state index is 12.0. The number of nitrogens with zero attached hydrogens (tertiary/aromatic N) is 1. The number of piperidine rings is 1. The minimum atomic E-state index is -0.0191. The summed E-state index contributed by atoms with van der Waals surface area (Å²) in [6.07, 6.45) is 5.55. The van der Waals surface area contributed by atoms with Crippen LogP contribution in [0.2, 0.25) is 0 Å². The summed E-state index contributed by atoms with van der Waals surface area (Å²) < 4.78 is 0. The van der Waals surface area contributed by atoms with E-state index in [0.29, 0.717) is 25.4 Å². The molecule has 1 aliphatic carbocycles. The van der Waals surface area contributed by atoms with Crippen LogP contribution in [0, 0.1) is 11.8 Å². The van der Waals surface area contributed by atoms with Crippen molar-refractivity contribution < 1.29 is 9.59 Å². The number of nitrogens with one attached hydrogen (secondary N) is 1. The van der Waals surface area contributed by atoms with Crippen molar-refractivity contribution in [2.24, 2.45) is 17.6 Å². The Labute approximate surface area is 127 Å². The van der Waals surface area contributed by atoms with Crippen molar-refractivity contribution in [2.75, 3.05) is 26.2 Å². The van der Waals surface area contributed by atoms with E-state index in [1.54, 1.807) is 0 Å². The molecule has 1 heterocycles. The average Bonchev–Trinajstić information content (AvgIpc) is 3.26. The van der Waals surface area contributed by atoms with Gasteiger partial charge in [0.05, 0.1) is 5.92 Å². The molecule has 2 aliphatic rings. The fourth-order valence-corrected chi connectivity index (χ4v) is 2.54. The Morgan fingerprint density at radius 2 is 2.00 bits per heavy atom. The lowest BCUT2D eigenvalue weighted by molar-refractivity contribution is -0.135. The highest BCUT2D eigenvalue weighted by atomic mass is 35.5. The number of amides is 2. The van der Waals surface area contributed by atoms with E-state index in [9.17, 15) is 9.59 Å². The molecule has 2 amide bonds. The van der Waals surface area contributed by atoms with Gasteiger partial charge in [-0.3, -0.25) is 9.59 Å². The molecular weight excluding hydrogens is 278 g/mol. The normalized spacial score (nSPS) is 22.1. The summed E-state index contributed by atoms with van der Waals surface area (Å²) in [6.45, 7) is 2.73. The van der Waals surface area contributed by atoms with Gasteiger partial charge in [-0.2, -0.15) is 0 Å². The van der Waals surface area contributed by atoms with Crippen LogP contribution in [0.3, 0.4) is 0 Å². The number of nitrogens with two attached hydrogens (primary N) is 1. The summed E-state index contributed by atoms with van der Waals surface area (Å²) >= 11 is 0. The summed E-state index contributed by atoms with van der Waals surface area (Å²) in [5.41, 5.74) is 5.42. The molecule has 20 heavy (non-hydrogen) atoms. The molecule has 1 aliphatic heterocycles. The summed E-state index contributed by atoms with van der Waals surface area (Å²) in [5, 5.41) is 3.02. The number of halogens is 1. The Balaban J connectivity index is 0.00000200. The molecule has 0 aromatic rings. The molecule has 6 heteroatoms. The summed E-state index contributed by atoms with van der Waals surface area (Å²) in [4.78, 5) is 25.8. The number of carbonyl (C=O) groups excluding carboxylic acids is 2. The van der Waals surface area contributed by atoms with Gasteiger partial charge in [-0.1, -0.05) is 0 Å². The maximum atomic E-state index is 12.0. The van der Waals surface area contributed by atoms with Gasteiger partial charge in [-0.05, 0) is 44.6 Å². The molecule has 0 bridgehead atoms. The average molecular weight is 304 g/mol. The van der Waals surface area contributed by atoms with Crippen LogP contribution in [0.5, 0.6) is 0 Å². The van der Waals surface area contributed by atoms with E-state index in [0.717, 1.165) is 32.4 Å². The first-order chi connectivity index (χ1) is 9.20. The number of hydrogen-bond acceptors (Lipinski definition) is 3. The van der Waals surface area contributed by atoms with Crippen molar-refractivity contribution in [1.82, 2.24) is 10.2 Å². The van der Waals surface area contributed by atoms with Crippen molar-refractivity contribution in [2.45, 2.75) is 38.5 Å². The summed E-state index contributed by atoms with van der Waals surface area (Å²) in [6, 6.07) is 0. The molecule has 1 unspecified atom stereocenters. The largest absolute Gasteiger partial charge is 0.356 e. The van der Waals surface area contributed by atoms with Gasteiger partial charge in [0.2, 0.25) is 11.8 Å². The predicted octanol–water partition coefficient (Wildman–Crippen LogP) is 0.912. The first-order valence-electron chi connectivity index (χ1n) is 7.46. The van der Waals surface area contributed by atoms with Gasteiger partial charge in [0.1, 0.15) is 0 Å². The Hall–Kier alpha value is -0.810. The zero-order chi connectivity index (χ0) is 13.7. The van der Waals surface area contributed by atoms with Crippen molar-refractivity contribution in [1.29, 1.82) is 0 Å². The second-order valence-electron chi connectivity index (χ2n) is 5.76. The van der Waals surface area contributed by atoms with Gasteiger partial charge in [0, 0.05) is 26.1 Å². The van der Waals surface area contributed by atoms with Crippen LogP contribution >= 0.6 is 12.4 Å². The quantitative estimate of drug-likeness (QED) is 0.766. The van der Waals surface area contributed by atoms with Crippen LogP contribution in [-0.4, -0.2) is 42.9 Å². The van der Waals surface area contributed by atoms with E-state index < -0.39 is 0 Å². The molecule has 3 N–H and O–H groups in total. The van der Waals surface area contributed by atoms with Crippen LogP contribution in [0.1, 0.15) is 38.5 Å². The van der Waals surface area contributed by atoms with E-state index in [1.165, 1.54) is 12.8 Å². The number of rotatable bonds is 6. The van der Waals surface area contributed by atoms with Crippen LogP contribution in [0.25, 0.3) is 0 Å². The molecule has 0 aromatic heterocycles. The highest BCUT2D eigenvalue weighted by molar-refractivity contribution is 5.85. The fraction of sp³-hybridized carbons (Fsp3) is 0.857. The topological polar surface area (TPSA) is 75.4 Å². The lowest BCUT2D eigenvalue weighted by Crippen LogP contribution is -2.45. The van der Waals surface area contributed by atoms with Crippen molar-refractivity contribution >= 4 is 24.2 Å². The van der Waals surface area contributed by atoms with Crippen molar-refractivity contribution in [3.63, 3.8) is 0 Å². The monoisotopic (exact) mass is 303 g/mol. The van der Waals surface area contributed by atoms with E-state index in [-0.39, 0.29) is 30.1 Å². The predicted molar refractivity (Wildman–Crippen MR) is 80.6 cm³/mol. The molecule has 5 nitrogen and oxygen atoms in total. The molecule has 1 atom stereocenters. The number of hydrogen-bond donors (Lipinski definition) is 2. The van der Waals surface area contributed by atoms with E-state index in [1.807, 2.05) is 4.90 Å². The molecule has 0 spiro atoms. The standard InChI is InChI=1S/C14H25N3O2.ClH/c15-7-1-4-13(18)17-8-2-3-12(10-17)14(19)16-9-11-5-6-11;/h11-12H,1-10,15H2,(H,16,19);1H. The highest BCUT2D eigenvalue weighted by Crippen LogP contribution is 2.28. The van der Waals surface area contributed by atoms with Gasteiger partial charge >= 0.3 is 0 Å². The second-order valence-corrected chi connectivity index (χ2v) is 5.76. The smallest absolute Gasteiger partial charge is 0.224 e. The van der Waals surface area contributed by atoms with E-state index >= 15 is 0 Å².